The standard InChI is InChI=1S/C11H23N3O/c1-8(2)14-11(15)13-7-9-3-5-10(12)6-4-9/h8-10H,3-7,12H2,1-2H3,(H2,13,14,15). The van der Waals surface area contributed by atoms with Crippen LogP contribution in [0, 0.1) is 5.92 Å². The van der Waals surface area contributed by atoms with Crippen molar-refractivity contribution in [1.29, 1.82) is 0 Å². The van der Waals surface area contributed by atoms with Gasteiger partial charge in [-0.2, -0.15) is 0 Å². The molecule has 4 heteroatoms. The maximum absolute atomic E-state index is 11.3. The summed E-state index contributed by atoms with van der Waals surface area (Å²) in [6, 6.07) is 0.524. The number of urea groups is 1. The molecule has 0 unspecified atom stereocenters. The van der Waals surface area contributed by atoms with Gasteiger partial charge in [0, 0.05) is 18.6 Å². The number of carbonyl (C=O) groups is 1. The molecular weight excluding hydrogens is 190 g/mol. The lowest BCUT2D eigenvalue weighted by molar-refractivity contribution is 0.233. The highest BCUT2D eigenvalue weighted by atomic mass is 16.2. The minimum Gasteiger partial charge on any atom is -0.338 e. The molecule has 0 aliphatic heterocycles. The van der Waals surface area contributed by atoms with Crippen LogP contribution >= 0.6 is 0 Å². The molecule has 0 aromatic rings. The van der Waals surface area contributed by atoms with Crippen LogP contribution in [0.4, 0.5) is 4.79 Å². The smallest absolute Gasteiger partial charge is 0.314 e. The molecular formula is C11H23N3O. The van der Waals surface area contributed by atoms with E-state index in [2.05, 4.69) is 10.6 Å². The van der Waals surface area contributed by atoms with Crippen molar-refractivity contribution in [2.45, 2.75) is 51.6 Å². The van der Waals surface area contributed by atoms with Crippen LogP contribution in [-0.4, -0.2) is 24.7 Å². The van der Waals surface area contributed by atoms with Gasteiger partial charge in [-0.25, -0.2) is 4.79 Å². The number of hydrogen-bond donors (Lipinski definition) is 3. The van der Waals surface area contributed by atoms with Gasteiger partial charge < -0.3 is 16.4 Å². The second-order valence-electron chi connectivity index (χ2n) is 4.79. The minimum atomic E-state index is -0.0557. The van der Waals surface area contributed by atoms with Gasteiger partial charge in [0.2, 0.25) is 0 Å². The fourth-order valence-corrected chi connectivity index (χ4v) is 1.94. The fraction of sp³-hybridized carbons (Fsp3) is 0.909. The first-order valence-electron chi connectivity index (χ1n) is 5.88. The molecule has 0 spiro atoms. The van der Waals surface area contributed by atoms with Crippen LogP contribution < -0.4 is 16.4 Å². The molecule has 88 valence electrons. The Morgan fingerprint density at radius 3 is 2.47 bits per heavy atom. The summed E-state index contributed by atoms with van der Waals surface area (Å²) in [6.07, 6.45) is 4.47. The summed E-state index contributed by atoms with van der Waals surface area (Å²) < 4.78 is 0. The Kier molecular flexibility index (Phi) is 4.88. The molecule has 0 radical (unpaired) electrons. The van der Waals surface area contributed by atoms with Crippen LogP contribution in [0.2, 0.25) is 0 Å². The highest BCUT2D eigenvalue weighted by molar-refractivity contribution is 5.74. The first-order valence-corrected chi connectivity index (χ1v) is 5.88. The average molecular weight is 213 g/mol. The third kappa shape index (κ3) is 5.02. The zero-order valence-electron chi connectivity index (χ0n) is 9.75. The molecule has 1 aliphatic carbocycles. The van der Waals surface area contributed by atoms with Crippen molar-refractivity contribution in [1.82, 2.24) is 10.6 Å². The third-order valence-corrected chi connectivity index (χ3v) is 2.86. The molecule has 0 heterocycles. The van der Waals surface area contributed by atoms with Crippen molar-refractivity contribution in [3.8, 4) is 0 Å². The first kappa shape index (κ1) is 12.3. The molecule has 4 N–H and O–H groups in total. The predicted octanol–water partition coefficient (Wildman–Crippen LogP) is 1.21. The van der Waals surface area contributed by atoms with Gasteiger partial charge in [0.1, 0.15) is 0 Å². The largest absolute Gasteiger partial charge is 0.338 e. The van der Waals surface area contributed by atoms with Crippen LogP contribution in [0.3, 0.4) is 0 Å². The van der Waals surface area contributed by atoms with Gasteiger partial charge >= 0.3 is 6.03 Å². The number of nitrogens with two attached hydrogens (primary N) is 1. The Balaban J connectivity index is 2.12. The Morgan fingerprint density at radius 2 is 1.93 bits per heavy atom. The number of carbonyl (C=O) groups excluding carboxylic acids is 1. The normalized spacial score (nSPS) is 26.4. The Labute approximate surface area is 92.0 Å². The van der Waals surface area contributed by atoms with E-state index in [0.29, 0.717) is 12.0 Å². The van der Waals surface area contributed by atoms with Crippen molar-refractivity contribution in [2.75, 3.05) is 6.54 Å². The molecule has 0 atom stereocenters. The average Bonchev–Trinajstić information content (AvgIpc) is 2.16. The van der Waals surface area contributed by atoms with Gasteiger partial charge in [-0.05, 0) is 45.4 Å². The zero-order chi connectivity index (χ0) is 11.3. The molecule has 1 saturated carbocycles. The van der Waals surface area contributed by atoms with E-state index in [1.807, 2.05) is 13.8 Å². The Hall–Kier alpha value is -0.770. The number of nitrogens with one attached hydrogen (secondary N) is 2. The van der Waals surface area contributed by atoms with Crippen molar-refractivity contribution < 1.29 is 4.79 Å². The van der Waals surface area contributed by atoms with E-state index in [1.165, 1.54) is 0 Å². The van der Waals surface area contributed by atoms with Gasteiger partial charge in [0.15, 0.2) is 0 Å². The maximum atomic E-state index is 11.3. The van der Waals surface area contributed by atoms with Crippen molar-refractivity contribution in [3.05, 3.63) is 0 Å². The SMILES string of the molecule is CC(C)NC(=O)NCC1CCC(N)CC1. The van der Waals surface area contributed by atoms with Crippen LogP contribution in [0.1, 0.15) is 39.5 Å². The highest BCUT2D eigenvalue weighted by Gasteiger charge is 2.18. The summed E-state index contributed by atoms with van der Waals surface area (Å²) in [7, 11) is 0. The highest BCUT2D eigenvalue weighted by Crippen LogP contribution is 2.22. The summed E-state index contributed by atoms with van der Waals surface area (Å²) in [5.74, 6) is 0.614. The fourth-order valence-electron chi connectivity index (χ4n) is 1.94. The first-order chi connectivity index (χ1) is 7.08. The summed E-state index contributed by atoms with van der Waals surface area (Å²) in [6.45, 7) is 4.70. The van der Waals surface area contributed by atoms with Crippen LogP contribution in [-0.2, 0) is 0 Å². The van der Waals surface area contributed by atoms with E-state index in [-0.39, 0.29) is 12.1 Å². The molecule has 1 fully saturated rings. The molecule has 0 aromatic heterocycles. The van der Waals surface area contributed by atoms with E-state index < -0.39 is 0 Å². The Morgan fingerprint density at radius 1 is 1.33 bits per heavy atom. The Bertz CT molecular complexity index is 198. The predicted molar refractivity (Wildman–Crippen MR) is 61.6 cm³/mol. The van der Waals surface area contributed by atoms with E-state index in [1.54, 1.807) is 0 Å². The monoisotopic (exact) mass is 213 g/mol. The van der Waals surface area contributed by atoms with Crippen molar-refractivity contribution in [2.24, 2.45) is 11.7 Å². The van der Waals surface area contributed by atoms with E-state index in [9.17, 15) is 4.79 Å². The van der Waals surface area contributed by atoms with E-state index in [4.69, 9.17) is 5.73 Å². The van der Waals surface area contributed by atoms with Gasteiger partial charge in [0.05, 0.1) is 0 Å². The second-order valence-corrected chi connectivity index (χ2v) is 4.79. The summed E-state index contributed by atoms with van der Waals surface area (Å²) >= 11 is 0. The molecule has 0 saturated heterocycles. The molecule has 4 nitrogen and oxygen atoms in total. The molecule has 15 heavy (non-hydrogen) atoms. The second kappa shape index (κ2) is 5.95. The zero-order valence-corrected chi connectivity index (χ0v) is 9.75. The summed E-state index contributed by atoms with van der Waals surface area (Å²) in [4.78, 5) is 11.3. The molecule has 1 rings (SSSR count). The summed E-state index contributed by atoms with van der Waals surface area (Å²) in [5.41, 5.74) is 5.82. The van der Waals surface area contributed by atoms with Gasteiger partial charge in [-0.15, -0.1) is 0 Å². The van der Waals surface area contributed by atoms with E-state index >= 15 is 0 Å². The van der Waals surface area contributed by atoms with Gasteiger partial charge in [-0.3, -0.25) is 0 Å². The van der Waals surface area contributed by atoms with Crippen molar-refractivity contribution >= 4 is 6.03 Å². The van der Waals surface area contributed by atoms with Gasteiger partial charge in [-0.1, -0.05) is 0 Å². The maximum Gasteiger partial charge on any atom is 0.314 e. The summed E-state index contributed by atoms with van der Waals surface area (Å²) in [5, 5.41) is 5.72. The van der Waals surface area contributed by atoms with Crippen LogP contribution in [0.25, 0.3) is 0 Å². The lowest BCUT2D eigenvalue weighted by atomic mass is 9.86. The molecule has 0 aromatic carbocycles. The quantitative estimate of drug-likeness (QED) is 0.659. The van der Waals surface area contributed by atoms with Crippen LogP contribution in [0.15, 0.2) is 0 Å². The van der Waals surface area contributed by atoms with E-state index in [0.717, 1.165) is 32.2 Å². The van der Waals surface area contributed by atoms with Gasteiger partial charge in [0.25, 0.3) is 0 Å². The van der Waals surface area contributed by atoms with Crippen LogP contribution in [0.5, 0.6) is 0 Å². The number of rotatable bonds is 3. The lowest BCUT2D eigenvalue weighted by Gasteiger charge is -2.26. The molecule has 1 aliphatic rings. The molecule has 2 amide bonds. The number of amides is 2. The molecule has 0 bridgehead atoms. The van der Waals surface area contributed by atoms with Crippen molar-refractivity contribution in [3.63, 3.8) is 0 Å². The third-order valence-electron chi connectivity index (χ3n) is 2.86. The topological polar surface area (TPSA) is 67.2 Å². The lowest BCUT2D eigenvalue weighted by Crippen LogP contribution is -2.42. The minimum absolute atomic E-state index is 0.0557. The number of hydrogen-bond acceptors (Lipinski definition) is 2.